The number of hydrogen-bond acceptors (Lipinski definition) is 2. The molecule has 2 unspecified atom stereocenters. The molecule has 0 saturated carbocycles. The predicted octanol–water partition coefficient (Wildman–Crippen LogP) is 13.6. The van der Waals surface area contributed by atoms with E-state index >= 15 is 0 Å². The van der Waals surface area contributed by atoms with Gasteiger partial charge in [-0.3, -0.25) is 0 Å². The molecular formula is C50H38O2Si. The van der Waals surface area contributed by atoms with Crippen LogP contribution in [-0.2, 0) is 0 Å². The summed E-state index contributed by atoms with van der Waals surface area (Å²) in [6.45, 7) is 4.08. The van der Waals surface area contributed by atoms with Gasteiger partial charge in [0, 0.05) is 32.5 Å². The van der Waals surface area contributed by atoms with Gasteiger partial charge in [0.05, 0.1) is 0 Å². The van der Waals surface area contributed by atoms with E-state index in [9.17, 15) is 0 Å². The van der Waals surface area contributed by atoms with Crippen LogP contribution >= 0.6 is 0 Å². The van der Waals surface area contributed by atoms with Crippen molar-refractivity contribution in [2.24, 2.45) is 0 Å². The van der Waals surface area contributed by atoms with Crippen molar-refractivity contribution < 1.29 is 8.83 Å². The molecule has 6 aromatic carbocycles. The first-order valence-corrected chi connectivity index (χ1v) is 20.0. The molecule has 2 nitrogen and oxygen atoms in total. The average molecular weight is 699 g/mol. The zero-order valence-corrected chi connectivity index (χ0v) is 30.9. The van der Waals surface area contributed by atoms with Crippen LogP contribution in [-0.4, -0.2) is 9.52 Å². The number of rotatable bonds is 8. The standard InChI is InChI=1S/C50H38O2Si/c1-31-17-23-49(51-31)45-27-43-39(37-21-19-33-9-3-5-11-35(33)25-37)13-7-15-41(43)47(45)29-53-30-48-42-16-8-14-40(38-22-20-34-10-4-6-12-36(34)26-38)44(42)28-46(48)50-24-18-32(2)52-50/h3-28,47-48H,29-30H2,1-2H3. The third-order valence-corrected chi connectivity index (χ3v) is 12.6. The Bertz CT molecular complexity index is 2570. The van der Waals surface area contributed by atoms with Crippen molar-refractivity contribution in [2.75, 3.05) is 0 Å². The molecule has 0 fully saturated rings. The van der Waals surface area contributed by atoms with E-state index in [-0.39, 0.29) is 11.8 Å². The molecule has 2 aliphatic rings. The van der Waals surface area contributed by atoms with E-state index in [0.717, 1.165) is 44.6 Å². The van der Waals surface area contributed by atoms with Gasteiger partial charge in [-0.1, -0.05) is 109 Å². The second kappa shape index (κ2) is 12.9. The Kier molecular flexibility index (Phi) is 7.77. The molecule has 2 atom stereocenters. The van der Waals surface area contributed by atoms with Crippen LogP contribution in [0.3, 0.4) is 0 Å². The Labute approximate surface area is 313 Å². The molecule has 3 heteroatoms. The van der Waals surface area contributed by atoms with Gasteiger partial charge in [-0.25, -0.2) is 0 Å². The number of fused-ring (bicyclic) bond motifs is 4. The number of furan rings is 2. The van der Waals surface area contributed by atoms with Crippen molar-refractivity contribution in [2.45, 2.75) is 37.8 Å². The SMILES string of the molecule is Cc1ccc(C2=Cc3c(-c4ccc5ccccc5c4)cccc3C2C[Si]CC2C(c3ccc(C)o3)=Cc3c(-c4ccc5ccccc5c4)cccc32)o1. The molecule has 2 radical (unpaired) electrons. The third kappa shape index (κ3) is 5.64. The second-order valence-corrected chi connectivity index (χ2v) is 15.8. The Morgan fingerprint density at radius 2 is 0.906 bits per heavy atom. The highest BCUT2D eigenvalue weighted by Gasteiger charge is 2.33. The van der Waals surface area contributed by atoms with Crippen LogP contribution in [0, 0.1) is 13.8 Å². The maximum Gasteiger partial charge on any atom is 0.130 e. The molecule has 53 heavy (non-hydrogen) atoms. The number of aryl methyl sites for hydroxylation is 2. The van der Waals surface area contributed by atoms with Gasteiger partial charge in [-0.2, -0.15) is 0 Å². The minimum Gasteiger partial charge on any atom is -0.462 e. The number of allylic oxidation sites excluding steroid dienone is 2. The fraction of sp³-hybridized carbons (Fsp3) is 0.120. The summed E-state index contributed by atoms with van der Waals surface area (Å²) in [6.07, 6.45) is 4.82. The molecular weight excluding hydrogens is 661 g/mol. The van der Waals surface area contributed by atoms with E-state index in [1.54, 1.807) is 0 Å². The first-order valence-electron chi connectivity index (χ1n) is 18.6. The monoisotopic (exact) mass is 698 g/mol. The maximum atomic E-state index is 6.33. The molecule has 8 aromatic rings. The van der Waals surface area contributed by atoms with Crippen molar-refractivity contribution >= 4 is 54.4 Å². The molecule has 0 N–H and O–H groups in total. The molecule has 0 aliphatic heterocycles. The smallest absolute Gasteiger partial charge is 0.130 e. The lowest BCUT2D eigenvalue weighted by molar-refractivity contribution is 0.518. The van der Waals surface area contributed by atoms with Gasteiger partial charge in [0.25, 0.3) is 0 Å². The van der Waals surface area contributed by atoms with Crippen molar-refractivity contribution in [3.05, 3.63) is 191 Å². The van der Waals surface area contributed by atoms with Crippen molar-refractivity contribution in [1.82, 2.24) is 0 Å². The Hall–Kier alpha value is -5.90. The molecule has 0 spiro atoms. The predicted molar refractivity (Wildman–Crippen MR) is 222 cm³/mol. The molecule has 0 amide bonds. The van der Waals surface area contributed by atoms with Gasteiger partial charge in [0.2, 0.25) is 0 Å². The zero-order chi connectivity index (χ0) is 35.5. The van der Waals surface area contributed by atoms with Gasteiger partial charge in [0.1, 0.15) is 23.0 Å². The maximum absolute atomic E-state index is 6.33. The quantitative estimate of drug-likeness (QED) is 0.148. The fourth-order valence-electron chi connectivity index (χ4n) is 8.64. The minimum absolute atomic E-state index is 0.261. The van der Waals surface area contributed by atoms with E-state index in [1.165, 1.54) is 77.2 Å². The van der Waals surface area contributed by atoms with Crippen molar-refractivity contribution in [3.8, 4) is 22.3 Å². The summed E-state index contributed by atoms with van der Waals surface area (Å²) >= 11 is 0. The van der Waals surface area contributed by atoms with Crippen LogP contribution in [0.5, 0.6) is 0 Å². The van der Waals surface area contributed by atoms with E-state index in [2.05, 4.69) is 158 Å². The van der Waals surface area contributed by atoms with Crippen LogP contribution in [0.2, 0.25) is 12.1 Å². The van der Waals surface area contributed by atoms with Crippen LogP contribution in [0.4, 0.5) is 0 Å². The molecule has 2 aromatic heterocycles. The molecule has 0 saturated heterocycles. The molecule has 0 bridgehead atoms. The topological polar surface area (TPSA) is 26.3 Å². The van der Waals surface area contributed by atoms with Crippen molar-refractivity contribution in [1.29, 1.82) is 0 Å². The third-order valence-electron chi connectivity index (χ3n) is 11.2. The van der Waals surface area contributed by atoms with Crippen LogP contribution in [0.1, 0.15) is 57.1 Å². The number of benzene rings is 6. The van der Waals surface area contributed by atoms with Gasteiger partial charge < -0.3 is 8.83 Å². The van der Waals surface area contributed by atoms with Gasteiger partial charge in [-0.15, -0.1) is 0 Å². The summed E-state index contributed by atoms with van der Waals surface area (Å²) in [5, 5.41) is 5.06. The zero-order valence-electron chi connectivity index (χ0n) is 29.9. The first kappa shape index (κ1) is 31.8. The van der Waals surface area contributed by atoms with Crippen LogP contribution < -0.4 is 0 Å². The molecule has 2 heterocycles. The fourth-order valence-corrected chi connectivity index (χ4v) is 10.3. The Morgan fingerprint density at radius 3 is 1.34 bits per heavy atom. The van der Waals surface area contributed by atoms with E-state index in [1.807, 2.05) is 13.8 Å². The van der Waals surface area contributed by atoms with E-state index < -0.39 is 0 Å². The summed E-state index contributed by atoms with van der Waals surface area (Å²) in [5.74, 6) is 4.38. The van der Waals surface area contributed by atoms with Crippen LogP contribution in [0.15, 0.2) is 154 Å². The van der Waals surface area contributed by atoms with Gasteiger partial charge in [-0.05, 0) is 141 Å². The van der Waals surface area contributed by atoms with E-state index in [0.29, 0.717) is 0 Å². The van der Waals surface area contributed by atoms with Gasteiger partial charge in [0.15, 0.2) is 0 Å². The molecule has 10 rings (SSSR count). The first-order chi connectivity index (χ1) is 26.1. The summed E-state index contributed by atoms with van der Waals surface area (Å²) in [7, 11) is 0.735. The highest BCUT2D eigenvalue weighted by molar-refractivity contribution is 6.37. The minimum atomic E-state index is 0.261. The lowest BCUT2D eigenvalue weighted by atomic mass is 9.92. The summed E-state index contributed by atoms with van der Waals surface area (Å²) in [5.41, 5.74) is 13.1. The highest BCUT2D eigenvalue weighted by Crippen LogP contribution is 2.51. The lowest BCUT2D eigenvalue weighted by Crippen LogP contribution is -2.07. The second-order valence-electron chi connectivity index (χ2n) is 14.5. The normalized spacial score (nSPS) is 16.2. The van der Waals surface area contributed by atoms with Crippen molar-refractivity contribution in [3.63, 3.8) is 0 Å². The largest absolute Gasteiger partial charge is 0.462 e. The van der Waals surface area contributed by atoms with Crippen LogP contribution in [0.25, 0.3) is 67.1 Å². The molecule has 254 valence electrons. The summed E-state index contributed by atoms with van der Waals surface area (Å²) in [4.78, 5) is 0. The van der Waals surface area contributed by atoms with Gasteiger partial charge >= 0.3 is 0 Å². The Morgan fingerprint density at radius 1 is 0.453 bits per heavy atom. The highest BCUT2D eigenvalue weighted by atomic mass is 28.2. The summed E-state index contributed by atoms with van der Waals surface area (Å²) < 4.78 is 12.7. The molecule has 2 aliphatic carbocycles. The summed E-state index contributed by atoms with van der Waals surface area (Å²) in [6, 6.07) is 55.2. The average Bonchev–Trinajstić information content (AvgIpc) is 3.99. The Balaban J connectivity index is 0.997. The lowest BCUT2D eigenvalue weighted by Gasteiger charge is -2.20. The van der Waals surface area contributed by atoms with E-state index in [4.69, 9.17) is 8.83 Å². The number of hydrogen-bond donors (Lipinski definition) is 0.